The van der Waals surface area contributed by atoms with E-state index in [-0.39, 0.29) is 77.4 Å². The minimum Gasteiger partial charge on any atom is -0.463 e. The van der Waals surface area contributed by atoms with Crippen LogP contribution in [0.3, 0.4) is 0 Å². The molecule has 14 atom stereocenters. The molecule has 14 unspecified atom stereocenters. The molecule has 0 aromatic rings. The van der Waals surface area contributed by atoms with Gasteiger partial charge in [-0.3, -0.25) is 24.1 Å². The third-order valence-corrected chi connectivity index (χ3v) is 16.7. The smallest absolute Gasteiger partial charge is 0.306 e. The van der Waals surface area contributed by atoms with E-state index in [1.165, 1.54) is 16.7 Å². The first-order chi connectivity index (χ1) is 26.7. The number of esters is 1. The highest BCUT2D eigenvalue weighted by atomic mass is 32.2. The van der Waals surface area contributed by atoms with Crippen molar-refractivity contribution in [2.24, 2.45) is 52.3 Å². The summed E-state index contributed by atoms with van der Waals surface area (Å²) in [6.07, 6.45) is 12.0. The Bertz CT molecular complexity index is 1560. The van der Waals surface area contributed by atoms with Crippen LogP contribution in [0, 0.1) is 64.6 Å². The van der Waals surface area contributed by atoms with Crippen molar-refractivity contribution in [2.45, 2.75) is 148 Å². The highest BCUT2D eigenvalue weighted by molar-refractivity contribution is 8.00. The van der Waals surface area contributed by atoms with Gasteiger partial charge in [0.05, 0.1) is 30.6 Å². The van der Waals surface area contributed by atoms with Crippen LogP contribution in [0.15, 0.2) is 11.3 Å². The molecule has 2 aliphatic heterocycles. The summed E-state index contributed by atoms with van der Waals surface area (Å²) < 4.78 is 10.6. The molecule has 12 heteroatoms. The quantitative estimate of drug-likeness (QED) is 0.0724. The molecule has 6 aliphatic rings. The van der Waals surface area contributed by atoms with E-state index in [0.29, 0.717) is 61.7 Å². The Balaban J connectivity index is 1.01. The van der Waals surface area contributed by atoms with Gasteiger partial charge in [0.1, 0.15) is 18.0 Å². The monoisotopic (exact) mass is 798 g/mol. The largest absolute Gasteiger partial charge is 0.463 e. The number of β-lactam (4-membered cyclic amide) rings is 1. The second-order valence-corrected chi connectivity index (χ2v) is 19.7. The molecular weight excluding hydrogens is 733 g/mol. The average Bonchev–Trinajstić information content (AvgIpc) is 3.52. The lowest BCUT2D eigenvalue weighted by Crippen LogP contribution is -2.70. The Morgan fingerprint density at radius 1 is 1.00 bits per heavy atom. The highest BCUT2D eigenvalue weighted by Crippen LogP contribution is 2.68. The molecule has 1 saturated heterocycles. The van der Waals surface area contributed by atoms with Crippen molar-refractivity contribution >= 4 is 35.3 Å². The molecule has 5 fully saturated rings. The van der Waals surface area contributed by atoms with Gasteiger partial charge in [-0.25, -0.2) is 0 Å². The third kappa shape index (κ3) is 8.23. The number of hydrogen-bond acceptors (Lipinski definition) is 10. The maximum absolute atomic E-state index is 13.7. The van der Waals surface area contributed by atoms with Crippen molar-refractivity contribution in [3.8, 4) is 12.3 Å². The van der Waals surface area contributed by atoms with Crippen molar-refractivity contribution in [3.63, 3.8) is 0 Å². The number of carbonyl (C=O) groups is 4. The first kappa shape index (κ1) is 43.2. The molecular formula is C44H66N2O9S. The fourth-order valence-electron chi connectivity index (χ4n) is 12.4. The number of aliphatic hydroxyl groups is 3. The summed E-state index contributed by atoms with van der Waals surface area (Å²) in [6.45, 7) is 11.8. The van der Waals surface area contributed by atoms with Crippen LogP contribution >= 0.6 is 11.8 Å². The van der Waals surface area contributed by atoms with Gasteiger partial charge >= 0.3 is 5.97 Å². The van der Waals surface area contributed by atoms with Crippen LogP contribution in [0.25, 0.3) is 0 Å². The maximum Gasteiger partial charge on any atom is 0.306 e. The second-order valence-electron chi connectivity index (χ2n) is 18.6. The highest BCUT2D eigenvalue weighted by Gasteiger charge is 2.65. The van der Waals surface area contributed by atoms with E-state index in [9.17, 15) is 34.5 Å². The van der Waals surface area contributed by atoms with Gasteiger partial charge in [0.25, 0.3) is 5.91 Å². The lowest BCUT2D eigenvalue weighted by molar-refractivity contribution is -0.223. The Kier molecular flexibility index (Phi) is 13.7. The molecule has 0 aromatic heterocycles. The summed E-state index contributed by atoms with van der Waals surface area (Å²) in [5, 5.41) is 36.1. The predicted molar refractivity (Wildman–Crippen MR) is 213 cm³/mol. The molecule has 11 nitrogen and oxygen atoms in total. The topological polar surface area (TPSA) is 163 Å². The molecule has 4 saturated carbocycles. The number of fused-ring (bicyclic) bond motifs is 6. The number of nitrogens with zero attached hydrogens (tertiary/aromatic N) is 1. The van der Waals surface area contributed by atoms with Gasteiger partial charge in [0, 0.05) is 38.0 Å². The molecule has 56 heavy (non-hydrogen) atoms. The van der Waals surface area contributed by atoms with Crippen molar-refractivity contribution in [1.29, 1.82) is 0 Å². The van der Waals surface area contributed by atoms with Crippen LogP contribution in [-0.4, -0.2) is 99.1 Å². The lowest BCUT2D eigenvalue weighted by atomic mass is 9.43. The number of hydrogen-bond donors (Lipinski definition) is 4. The van der Waals surface area contributed by atoms with Crippen molar-refractivity contribution in [3.05, 3.63) is 11.3 Å². The van der Waals surface area contributed by atoms with Gasteiger partial charge in [-0.1, -0.05) is 27.7 Å². The molecule has 6 rings (SSSR count). The Labute approximate surface area is 337 Å². The number of Topliss-reactive ketones (excluding diaryl/α,β-unsaturated/α-hetero) is 1. The van der Waals surface area contributed by atoms with Crippen LogP contribution in [0.2, 0.25) is 0 Å². The molecule has 2 heterocycles. The fraction of sp³-hybridized carbons (Fsp3) is 0.818. The van der Waals surface area contributed by atoms with Gasteiger partial charge < -0.3 is 30.1 Å². The zero-order valence-electron chi connectivity index (χ0n) is 34.2. The summed E-state index contributed by atoms with van der Waals surface area (Å²) >= 11 is 1.53. The summed E-state index contributed by atoms with van der Waals surface area (Å²) in [6, 6.07) is -0.709. The molecule has 0 radical (unpaired) electrons. The molecule has 0 bridgehead atoms. The van der Waals surface area contributed by atoms with Crippen LogP contribution < -0.4 is 5.32 Å². The van der Waals surface area contributed by atoms with E-state index in [2.05, 4.69) is 32.0 Å². The number of terminal acetylenes is 1. The van der Waals surface area contributed by atoms with Gasteiger partial charge in [0.15, 0.2) is 5.78 Å². The Hall–Kier alpha value is -2.43. The molecule has 2 amide bonds. The van der Waals surface area contributed by atoms with Gasteiger partial charge in [0.2, 0.25) is 5.91 Å². The van der Waals surface area contributed by atoms with Gasteiger partial charge in [-0.2, -0.15) is 0 Å². The molecule has 0 spiro atoms. The van der Waals surface area contributed by atoms with E-state index in [4.69, 9.17) is 15.9 Å². The number of rotatable bonds is 16. The third-order valence-electron chi connectivity index (χ3n) is 15.2. The van der Waals surface area contributed by atoms with E-state index in [1.807, 2.05) is 13.8 Å². The first-order valence-electron chi connectivity index (χ1n) is 21.3. The summed E-state index contributed by atoms with van der Waals surface area (Å²) in [5.74, 6) is 2.79. The van der Waals surface area contributed by atoms with Crippen molar-refractivity contribution in [2.75, 3.05) is 25.6 Å². The summed E-state index contributed by atoms with van der Waals surface area (Å²) in [7, 11) is 0. The van der Waals surface area contributed by atoms with Crippen LogP contribution in [0.4, 0.5) is 0 Å². The number of carbonyl (C=O) groups excluding carboxylic acids is 4. The van der Waals surface area contributed by atoms with Crippen LogP contribution in [0.5, 0.6) is 0 Å². The standard InChI is InChI=1S/C44H66N2O9S/c1-7-9-27(22-35(50)55-20-19-54-18-8-2)21-33(48)38-26(4)24-56-42-37(41(53)46(38)42)45-34(49)13-10-25(3)29-11-12-30-36-31(15-17-43(29,30)5)44(6)16-14-28(47)23-32(44)39(51)40(36)52/h1,25,27-32,36-37,39-40,42,47,51-52H,8-24H2,2-6H3,(H,45,49). The van der Waals surface area contributed by atoms with Crippen molar-refractivity contribution in [1.82, 2.24) is 10.2 Å². The Morgan fingerprint density at radius 2 is 1.73 bits per heavy atom. The number of aliphatic hydroxyl groups excluding tert-OH is 3. The van der Waals surface area contributed by atoms with Crippen molar-refractivity contribution < 1.29 is 44.0 Å². The van der Waals surface area contributed by atoms with E-state index >= 15 is 0 Å². The normalized spacial score (nSPS) is 38.6. The zero-order valence-corrected chi connectivity index (χ0v) is 35.0. The van der Waals surface area contributed by atoms with E-state index in [1.54, 1.807) is 0 Å². The van der Waals surface area contributed by atoms with Gasteiger partial charge in [-0.05, 0) is 123 Å². The SMILES string of the molecule is C#CCC(CC(=O)OCCOCCC)CC(=O)C1=C(C)CSC2C(NC(=O)CCC(C)C3CCC4C5C(O)C(O)C6CC(O)CCC6(C)C5CCC34C)C(=O)N12. The number of nitrogens with one attached hydrogen (secondary N) is 1. The predicted octanol–water partition coefficient (Wildman–Crippen LogP) is 5.00. The average molecular weight is 799 g/mol. The summed E-state index contributed by atoms with van der Waals surface area (Å²) in [4.78, 5) is 54.7. The molecule has 0 aromatic carbocycles. The lowest BCUT2D eigenvalue weighted by Gasteiger charge is -2.63. The van der Waals surface area contributed by atoms with Crippen LogP contribution in [0.1, 0.15) is 118 Å². The number of allylic oxidation sites excluding steroid dienone is 1. The molecule has 312 valence electrons. The van der Waals surface area contributed by atoms with E-state index in [0.717, 1.165) is 50.5 Å². The number of ketones is 1. The minimum absolute atomic E-state index is 0.00223. The Morgan fingerprint density at radius 3 is 2.46 bits per heavy atom. The van der Waals surface area contributed by atoms with Crippen LogP contribution in [-0.2, 0) is 28.7 Å². The summed E-state index contributed by atoms with van der Waals surface area (Å²) in [5.41, 5.74) is 1.07. The second kappa shape index (κ2) is 17.8. The van der Waals surface area contributed by atoms with Gasteiger partial charge in [-0.15, -0.1) is 24.1 Å². The number of ether oxygens (including phenoxy) is 2. The number of amides is 2. The van der Waals surface area contributed by atoms with E-state index < -0.39 is 36.2 Å². The fourth-order valence-corrected chi connectivity index (χ4v) is 13.7. The first-order valence-corrected chi connectivity index (χ1v) is 22.4. The zero-order chi connectivity index (χ0) is 40.5. The molecule has 4 N–H and O–H groups in total. The maximum atomic E-state index is 13.7. The molecule has 4 aliphatic carbocycles. The minimum atomic E-state index is -0.818. The number of thioether (sulfide) groups is 1.